The molecule has 0 aliphatic carbocycles. The van der Waals surface area contributed by atoms with E-state index >= 15 is 0 Å². The molecule has 0 unspecified atom stereocenters. The Kier molecular flexibility index (Phi) is 4.41. The molecule has 0 saturated heterocycles. The Morgan fingerprint density at radius 3 is 2.28 bits per heavy atom. The van der Waals surface area contributed by atoms with Crippen LogP contribution in [0.15, 0.2) is 17.4 Å². The number of nitrogens with two attached hydrogens (primary N) is 1. The minimum absolute atomic E-state index is 0.0557. The quantitative estimate of drug-likeness (QED) is 0.742. The fourth-order valence-corrected chi connectivity index (χ4v) is 3.69. The van der Waals surface area contributed by atoms with Crippen molar-refractivity contribution in [1.82, 2.24) is 9.97 Å². The van der Waals surface area contributed by atoms with Gasteiger partial charge in [0, 0.05) is 5.69 Å². The van der Waals surface area contributed by atoms with Crippen LogP contribution in [0.4, 0.5) is 0 Å². The van der Waals surface area contributed by atoms with Crippen LogP contribution in [0.3, 0.4) is 0 Å². The molecule has 2 N–H and O–H groups in total. The summed E-state index contributed by atoms with van der Waals surface area (Å²) in [6, 6.07) is 1.35. The van der Waals surface area contributed by atoms with Gasteiger partial charge in [-0.05, 0) is 12.0 Å². The van der Waals surface area contributed by atoms with Crippen LogP contribution in [0.5, 0.6) is 0 Å². The average molecular weight is 293 g/mol. The van der Waals surface area contributed by atoms with Gasteiger partial charge in [0.1, 0.15) is 6.33 Å². The molecule has 0 fully saturated rings. The molecule has 18 heavy (non-hydrogen) atoms. The zero-order chi connectivity index (χ0) is 14.0. The molecule has 1 aromatic rings. The lowest BCUT2D eigenvalue weighted by atomic mass is 10.1. The number of sulfone groups is 1. The molecule has 1 aromatic heterocycles. The Balaban J connectivity index is 3.02. The van der Waals surface area contributed by atoms with E-state index in [1.54, 1.807) is 0 Å². The smallest absolute Gasteiger partial charge is 0.210 e. The number of nitrogens with zero attached hydrogens (tertiary/aromatic N) is 2. The molecule has 0 aliphatic rings. The zero-order valence-electron chi connectivity index (χ0n) is 10.1. The van der Waals surface area contributed by atoms with Crippen molar-refractivity contribution in [1.29, 1.82) is 0 Å². The van der Waals surface area contributed by atoms with Gasteiger partial charge in [0.15, 0.2) is 14.9 Å². The lowest BCUT2D eigenvalue weighted by Crippen LogP contribution is -2.23. The first-order chi connectivity index (χ1) is 8.12. The van der Waals surface area contributed by atoms with Gasteiger partial charge in [-0.25, -0.2) is 31.9 Å². The highest BCUT2D eigenvalue weighted by Crippen LogP contribution is 2.15. The number of primary sulfonamides is 1. The topological polar surface area (TPSA) is 120 Å². The molecule has 1 rings (SSSR count). The van der Waals surface area contributed by atoms with Crippen molar-refractivity contribution in [2.75, 3.05) is 11.5 Å². The summed E-state index contributed by atoms with van der Waals surface area (Å²) in [5, 5.41) is 4.60. The first-order valence-electron chi connectivity index (χ1n) is 5.17. The summed E-state index contributed by atoms with van der Waals surface area (Å²) in [6.07, 6.45) is 1.15. The molecule has 0 bridgehead atoms. The van der Waals surface area contributed by atoms with Crippen molar-refractivity contribution >= 4 is 19.9 Å². The Labute approximate surface area is 106 Å². The van der Waals surface area contributed by atoms with E-state index < -0.39 is 31.4 Å². The standard InChI is InChI=1S/C9H15N3O4S2/c1-7(2)8-5-9(12-6-11-8)17(13,14)3-4-18(10,15)16/h5-7H,3-4H2,1-2H3,(H2,10,15,16). The first kappa shape index (κ1) is 15.0. The maximum atomic E-state index is 11.8. The van der Waals surface area contributed by atoms with Crippen molar-refractivity contribution in [2.24, 2.45) is 5.14 Å². The molecule has 0 atom stereocenters. The Morgan fingerprint density at radius 1 is 1.17 bits per heavy atom. The monoisotopic (exact) mass is 293 g/mol. The number of sulfonamides is 1. The summed E-state index contributed by atoms with van der Waals surface area (Å²) in [5.41, 5.74) is 0.583. The van der Waals surface area contributed by atoms with E-state index in [-0.39, 0.29) is 10.9 Å². The van der Waals surface area contributed by atoms with Crippen molar-refractivity contribution in [3.63, 3.8) is 0 Å². The Hall–Kier alpha value is -1.06. The second-order valence-corrected chi connectivity index (χ2v) is 7.91. The van der Waals surface area contributed by atoms with Crippen LogP contribution in [-0.4, -0.2) is 38.3 Å². The summed E-state index contributed by atoms with van der Waals surface area (Å²) in [6.45, 7) is 3.73. The molecule has 0 spiro atoms. The Bertz CT molecular complexity index is 623. The molecular formula is C9H15N3O4S2. The normalized spacial score (nSPS) is 12.9. The van der Waals surface area contributed by atoms with E-state index in [1.165, 1.54) is 6.07 Å². The maximum Gasteiger partial charge on any atom is 0.210 e. The van der Waals surface area contributed by atoms with Gasteiger partial charge in [-0.15, -0.1) is 0 Å². The van der Waals surface area contributed by atoms with E-state index in [2.05, 4.69) is 9.97 Å². The molecular weight excluding hydrogens is 278 g/mol. The molecule has 0 radical (unpaired) electrons. The Morgan fingerprint density at radius 2 is 1.78 bits per heavy atom. The predicted molar refractivity (Wildman–Crippen MR) is 66.1 cm³/mol. The summed E-state index contributed by atoms with van der Waals surface area (Å²) in [4.78, 5) is 7.60. The molecule has 0 amide bonds. The second kappa shape index (κ2) is 5.29. The van der Waals surface area contributed by atoms with Crippen molar-refractivity contribution in [3.05, 3.63) is 18.1 Å². The summed E-state index contributed by atoms with van der Waals surface area (Å²) < 4.78 is 45.2. The fraction of sp³-hybridized carbons (Fsp3) is 0.556. The molecule has 7 nitrogen and oxygen atoms in total. The van der Waals surface area contributed by atoms with Crippen LogP contribution in [0, 0.1) is 0 Å². The number of rotatable bonds is 5. The van der Waals surface area contributed by atoms with Crippen LogP contribution >= 0.6 is 0 Å². The van der Waals surface area contributed by atoms with Crippen molar-refractivity contribution in [3.8, 4) is 0 Å². The molecule has 0 saturated carbocycles. The third-order valence-electron chi connectivity index (χ3n) is 2.21. The molecule has 0 aromatic carbocycles. The summed E-state index contributed by atoms with van der Waals surface area (Å²) >= 11 is 0. The molecule has 9 heteroatoms. The van der Waals surface area contributed by atoms with Gasteiger partial charge < -0.3 is 0 Å². The van der Waals surface area contributed by atoms with E-state index in [4.69, 9.17) is 5.14 Å². The lowest BCUT2D eigenvalue weighted by molar-refractivity contribution is 0.585. The highest BCUT2D eigenvalue weighted by atomic mass is 32.2. The molecule has 102 valence electrons. The zero-order valence-corrected chi connectivity index (χ0v) is 11.7. The van der Waals surface area contributed by atoms with E-state index in [0.717, 1.165) is 6.33 Å². The van der Waals surface area contributed by atoms with E-state index in [1.807, 2.05) is 13.8 Å². The highest BCUT2D eigenvalue weighted by molar-refractivity contribution is 7.94. The largest absolute Gasteiger partial charge is 0.241 e. The minimum Gasteiger partial charge on any atom is -0.241 e. The van der Waals surface area contributed by atoms with E-state index in [9.17, 15) is 16.8 Å². The average Bonchev–Trinajstić information content (AvgIpc) is 2.26. The van der Waals surface area contributed by atoms with Gasteiger partial charge in [0.25, 0.3) is 0 Å². The molecule has 0 aliphatic heterocycles. The van der Waals surface area contributed by atoms with Crippen molar-refractivity contribution < 1.29 is 16.8 Å². The van der Waals surface area contributed by atoms with Gasteiger partial charge >= 0.3 is 0 Å². The summed E-state index contributed by atoms with van der Waals surface area (Å²) in [5.74, 6) is -1.16. The van der Waals surface area contributed by atoms with Gasteiger partial charge in [-0.1, -0.05) is 13.8 Å². The predicted octanol–water partition coefficient (Wildman–Crippen LogP) is -0.338. The third kappa shape index (κ3) is 4.31. The lowest BCUT2D eigenvalue weighted by Gasteiger charge is -2.06. The fourth-order valence-electron chi connectivity index (χ4n) is 1.17. The SMILES string of the molecule is CC(C)c1cc(S(=O)(=O)CCS(N)(=O)=O)ncn1. The van der Waals surface area contributed by atoms with Crippen LogP contribution in [0.2, 0.25) is 0 Å². The summed E-state index contributed by atoms with van der Waals surface area (Å²) in [7, 11) is -7.57. The van der Waals surface area contributed by atoms with Gasteiger partial charge in [-0.3, -0.25) is 0 Å². The first-order valence-corrected chi connectivity index (χ1v) is 8.54. The van der Waals surface area contributed by atoms with Crippen LogP contribution < -0.4 is 5.14 Å². The van der Waals surface area contributed by atoms with Gasteiger partial charge in [0.2, 0.25) is 10.0 Å². The number of aromatic nitrogens is 2. The van der Waals surface area contributed by atoms with Crippen LogP contribution in [-0.2, 0) is 19.9 Å². The number of hydrogen-bond acceptors (Lipinski definition) is 6. The van der Waals surface area contributed by atoms with Gasteiger partial charge in [0.05, 0.1) is 11.5 Å². The maximum absolute atomic E-state index is 11.8. The molecule has 1 heterocycles. The number of hydrogen-bond donors (Lipinski definition) is 1. The van der Waals surface area contributed by atoms with Crippen LogP contribution in [0.25, 0.3) is 0 Å². The van der Waals surface area contributed by atoms with Gasteiger partial charge in [-0.2, -0.15) is 0 Å². The van der Waals surface area contributed by atoms with Crippen LogP contribution in [0.1, 0.15) is 25.5 Å². The third-order valence-corrected chi connectivity index (χ3v) is 4.84. The van der Waals surface area contributed by atoms with Crippen molar-refractivity contribution in [2.45, 2.75) is 24.8 Å². The highest BCUT2D eigenvalue weighted by Gasteiger charge is 2.20. The second-order valence-electron chi connectivity index (χ2n) is 4.12. The minimum atomic E-state index is -3.81. The van der Waals surface area contributed by atoms with E-state index in [0.29, 0.717) is 5.69 Å².